The summed E-state index contributed by atoms with van der Waals surface area (Å²) in [6, 6.07) is 10.1. The van der Waals surface area contributed by atoms with E-state index < -0.39 is 0 Å². The van der Waals surface area contributed by atoms with Gasteiger partial charge in [-0.15, -0.1) is 0 Å². The van der Waals surface area contributed by atoms with Crippen LogP contribution in [0.15, 0.2) is 36.7 Å². The van der Waals surface area contributed by atoms with Crippen LogP contribution in [-0.4, -0.2) is 32.8 Å². The third kappa shape index (κ3) is 2.12. The summed E-state index contributed by atoms with van der Waals surface area (Å²) in [5.74, 6) is 0.728. The van der Waals surface area contributed by atoms with E-state index in [9.17, 15) is 0 Å². The van der Waals surface area contributed by atoms with Crippen LogP contribution in [-0.2, 0) is 4.74 Å². The zero-order valence-electron chi connectivity index (χ0n) is 12.1. The number of hydrogen-bond acceptors (Lipinski definition) is 5. The van der Waals surface area contributed by atoms with Crippen molar-refractivity contribution < 1.29 is 4.74 Å². The zero-order valence-corrected chi connectivity index (χ0v) is 12.1. The maximum Gasteiger partial charge on any atom is 0.223 e. The average Bonchev–Trinajstić information content (AvgIpc) is 3.06. The van der Waals surface area contributed by atoms with E-state index in [1.54, 1.807) is 4.52 Å². The van der Waals surface area contributed by atoms with Crippen LogP contribution in [0, 0.1) is 0 Å². The quantitative estimate of drug-likeness (QED) is 0.784. The van der Waals surface area contributed by atoms with Gasteiger partial charge < -0.3 is 10.5 Å². The monoisotopic (exact) mass is 295 g/mol. The molecule has 6 heteroatoms. The summed E-state index contributed by atoms with van der Waals surface area (Å²) >= 11 is 0. The van der Waals surface area contributed by atoms with E-state index in [1.807, 2.05) is 18.2 Å². The number of nitrogens with two attached hydrogens (primary N) is 1. The standard InChI is InChI=1S/C16H17N5O/c17-16-20-14(12-4-2-1-3-5-12)13(11-6-8-22-9-7-11)15-18-10-19-21(15)16/h1-5,10-11H,6-9H2,(H2,17,20). The van der Waals surface area contributed by atoms with Gasteiger partial charge in [0.15, 0.2) is 5.65 Å². The van der Waals surface area contributed by atoms with Gasteiger partial charge in [0.05, 0.1) is 5.69 Å². The van der Waals surface area contributed by atoms with Gasteiger partial charge in [0.2, 0.25) is 5.95 Å². The van der Waals surface area contributed by atoms with Crippen molar-refractivity contribution in [1.29, 1.82) is 0 Å². The van der Waals surface area contributed by atoms with Gasteiger partial charge in [-0.05, 0) is 18.8 Å². The van der Waals surface area contributed by atoms with Crippen molar-refractivity contribution in [2.45, 2.75) is 18.8 Å². The largest absolute Gasteiger partial charge is 0.381 e. The summed E-state index contributed by atoms with van der Waals surface area (Å²) in [7, 11) is 0. The Hall–Kier alpha value is -2.47. The van der Waals surface area contributed by atoms with Gasteiger partial charge in [0, 0.05) is 24.3 Å². The fraction of sp³-hybridized carbons (Fsp3) is 0.312. The lowest BCUT2D eigenvalue weighted by Crippen LogP contribution is -2.17. The van der Waals surface area contributed by atoms with Crippen LogP contribution in [0.5, 0.6) is 0 Å². The minimum Gasteiger partial charge on any atom is -0.381 e. The van der Waals surface area contributed by atoms with E-state index in [-0.39, 0.29) is 0 Å². The molecule has 1 aromatic carbocycles. The van der Waals surface area contributed by atoms with Crippen molar-refractivity contribution in [3.05, 3.63) is 42.2 Å². The smallest absolute Gasteiger partial charge is 0.223 e. The molecule has 22 heavy (non-hydrogen) atoms. The van der Waals surface area contributed by atoms with Crippen molar-refractivity contribution in [1.82, 2.24) is 19.6 Å². The van der Waals surface area contributed by atoms with Crippen LogP contribution in [0.3, 0.4) is 0 Å². The van der Waals surface area contributed by atoms with Gasteiger partial charge in [-0.3, -0.25) is 0 Å². The molecule has 0 aliphatic carbocycles. The van der Waals surface area contributed by atoms with Crippen LogP contribution in [0.4, 0.5) is 5.95 Å². The number of hydrogen-bond donors (Lipinski definition) is 1. The summed E-state index contributed by atoms with van der Waals surface area (Å²) in [4.78, 5) is 9.05. The number of fused-ring (bicyclic) bond motifs is 1. The van der Waals surface area contributed by atoms with Crippen molar-refractivity contribution in [3.8, 4) is 11.3 Å². The fourth-order valence-electron chi connectivity index (χ4n) is 3.10. The number of anilines is 1. The van der Waals surface area contributed by atoms with Crippen LogP contribution in [0.25, 0.3) is 16.9 Å². The lowest BCUT2D eigenvalue weighted by molar-refractivity contribution is 0.0855. The molecule has 1 aliphatic heterocycles. The van der Waals surface area contributed by atoms with Gasteiger partial charge >= 0.3 is 0 Å². The molecule has 0 unspecified atom stereocenters. The summed E-state index contributed by atoms with van der Waals surface area (Å²) in [5.41, 5.74) is 9.96. The Bertz CT molecular complexity index is 793. The van der Waals surface area contributed by atoms with Gasteiger partial charge in [0.25, 0.3) is 0 Å². The highest BCUT2D eigenvalue weighted by Crippen LogP contribution is 2.36. The van der Waals surface area contributed by atoms with Gasteiger partial charge in [-0.2, -0.15) is 9.61 Å². The molecule has 0 spiro atoms. The summed E-state index contributed by atoms with van der Waals surface area (Å²) < 4.78 is 7.12. The molecule has 112 valence electrons. The molecule has 3 heterocycles. The molecule has 0 bridgehead atoms. The third-order valence-corrected chi connectivity index (χ3v) is 4.16. The number of nitrogen functional groups attached to an aromatic ring is 1. The molecule has 6 nitrogen and oxygen atoms in total. The summed E-state index contributed by atoms with van der Waals surface area (Å²) in [6.45, 7) is 1.53. The molecule has 0 amide bonds. The molecule has 0 atom stereocenters. The maximum absolute atomic E-state index is 6.06. The number of ether oxygens (including phenoxy) is 1. The minimum atomic E-state index is 0.363. The molecule has 2 N–H and O–H groups in total. The molecular formula is C16H17N5O. The van der Waals surface area contributed by atoms with Gasteiger partial charge in [0.1, 0.15) is 6.33 Å². The van der Waals surface area contributed by atoms with E-state index in [4.69, 9.17) is 10.5 Å². The molecule has 1 fully saturated rings. The van der Waals surface area contributed by atoms with Crippen LogP contribution >= 0.6 is 0 Å². The Labute approximate surface area is 128 Å². The normalized spacial score (nSPS) is 16.2. The van der Waals surface area contributed by atoms with Crippen LogP contribution < -0.4 is 5.73 Å². The predicted octanol–water partition coefficient (Wildman–Crippen LogP) is 2.27. The van der Waals surface area contributed by atoms with E-state index in [2.05, 4.69) is 27.2 Å². The van der Waals surface area contributed by atoms with E-state index in [0.717, 1.165) is 48.5 Å². The average molecular weight is 295 g/mol. The van der Waals surface area contributed by atoms with Crippen molar-refractivity contribution in [3.63, 3.8) is 0 Å². The zero-order chi connectivity index (χ0) is 14.9. The molecule has 4 rings (SSSR count). The Morgan fingerprint density at radius 3 is 2.68 bits per heavy atom. The Morgan fingerprint density at radius 2 is 1.91 bits per heavy atom. The molecule has 1 saturated heterocycles. The van der Waals surface area contributed by atoms with Crippen molar-refractivity contribution >= 4 is 11.6 Å². The van der Waals surface area contributed by atoms with E-state index in [0.29, 0.717) is 11.9 Å². The Morgan fingerprint density at radius 1 is 1.14 bits per heavy atom. The highest BCUT2D eigenvalue weighted by Gasteiger charge is 2.25. The molecule has 1 aliphatic rings. The lowest BCUT2D eigenvalue weighted by atomic mass is 9.89. The second kappa shape index (κ2) is 5.38. The number of aromatic nitrogens is 4. The second-order valence-corrected chi connectivity index (χ2v) is 5.48. The molecule has 2 aromatic heterocycles. The predicted molar refractivity (Wildman–Crippen MR) is 83.4 cm³/mol. The first-order valence-corrected chi connectivity index (χ1v) is 7.47. The van der Waals surface area contributed by atoms with E-state index in [1.165, 1.54) is 6.33 Å². The van der Waals surface area contributed by atoms with Gasteiger partial charge in [-0.1, -0.05) is 30.3 Å². The number of nitrogens with zero attached hydrogens (tertiary/aromatic N) is 4. The second-order valence-electron chi connectivity index (χ2n) is 5.48. The Kier molecular flexibility index (Phi) is 3.23. The first-order valence-electron chi connectivity index (χ1n) is 7.47. The highest BCUT2D eigenvalue weighted by molar-refractivity contribution is 5.72. The molecule has 3 aromatic rings. The number of benzene rings is 1. The van der Waals surface area contributed by atoms with Crippen molar-refractivity contribution in [2.75, 3.05) is 18.9 Å². The SMILES string of the molecule is Nc1nc(-c2ccccc2)c(C2CCOCC2)c2ncnn12. The summed E-state index contributed by atoms with van der Waals surface area (Å²) in [5, 5.41) is 4.20. The first-order chi connectivity index (χ1) is 10.8. The van der Waals surface area contributed by atoms with Crippen molar-refractivity contribution in [2.24, 2.45) is 0 Å². The third-order valence-electron chi connectivity index (χ3n) is 4.16. The van der Waals surface area contributed by atoms with Crippen LogP contribution in [0.1, 0.15) is 24.3 Å². The highest BCUT2D eigenvalue weighted by atomic mass is 16.5. The Balaban J connectivity index is 1.97. The fourth-order valence-corrected chi connectivity index (χ4v) is 3.10. The number of rotatable bonds is 2. The maximum atomic E-state index is 6.06. The minimum absolute atomic E-state index is 0.363. The van der Waals surface area contributed by atoms with Gasteiger partial charge in [-0.25, -0.2) is 9.97 Å². The lowest BCUT2D eigenvalue weighted by Gasteiger charge is -2.24. The summed E-state index contributed by atoms with van der Waals surface area (Å²) in [6.07, 6.45) is 3.47. The molecule has 0 saturated carbocycles. The molecule has 0 radical (unpaired) electrons. The topological polar surface area (TPSA) is 78.3 Å². The van der Waals surface area contributed by atoms with Crippen LogP contribution in [0.2, 0.25) is 0 Å². The first kappa shape index (κ1) is 13.2. The van der Waals surface area contributed by atoms with E-state index >= 15 is 0 Å². The molecular weight excluding hydrogens is 278 g/mol.